The molecule has 0 fully saturated rings. The molecule has 1 aromatic rings. The lowest BCUT2D eigenvalue weighted by Crippen LogP contribution is -2.03. The summed E-state index contributed by atoms with van der Waals surface area (Å²) in [6.45, 7) is 0. The van der Waals surface area contributed by atoms with Crippen LogP contribution in [0, 0.1) is 13.7 Å². The molecule has 1 aromatic carbocycles. The van der Waals surface area contributed by atoms with Gasteiger partial charge >= 0.3 is 5.97 Å². The topological polar surface area (TPSA) is 80.4 Å². The van der Waals surface area contributed by atoms with Crippen LogP contribution in [0.15, 0.2) is 18.2 Å². The highest BCUT2D eigenvalue weighted by molar-refractivity contribution is 14.1. The average Bonchev–Trinajstić information content (AvgIpc) is 2.07. The van der Waals surface area contributed by atoms with Gasteiger partial charge in [-0.3, -0.25) is 14.9 Å². The van der Waals surface area contributed by atoms with Crippen LogP contribution in [0.1, 0.15) is 5.56 Å². The number of nitro groups is 1. The van der Waals surface area contributed by atoms with Crippen molar-refractivity contribution in [2.45, 2.75) is 6.42 Å². The number of carboxylic acids is 1. The first kappa shape index (κ1) is 10.9. The molecule has 0 atom stereocenters. The number of hydrogen-bond acceptors (Lipinski definition) is 3. The number of rotatable bonds is 3. The van der Waals surface area contributed by atoms with Crippen LogP contribution in [-0.4, -0.2) is 16.0 Å². The second kappa shape index (κ2) is 4.36. The Morgan fingerprint density at radius 2 is 2.21 bits per heavy atom. The Kier molecular flexibility index (Phi) is 3.39. The monoisotopic (exact) mass is 307 g/mol. The summed E-state index contributed by atoms with van der Waals surface area (Å²) in [6.07, 6.45) is -0.326. The van der Waals surface area contributed by atoms with E-state index in [-0.39, 0.29) is 17.7 Å². The summed E-state index contributed by atoms with van der Waals surface area (Å²) in [6, 6.07) is 4.47. The number of carboxylic acid groups (broad SMARTS) is 1. The molecule has 0 spiro atoms. The van der Waals surface area contributed by atoms with Gasteiger partial charge in [0.05, 0.1) is 11.3 Å². The number of hydrogen-bond donors (Lipinski definition) is 1. The van der Waals surface area contributed by atoms with Crippen LogP contribution in [0.4, 0.5) is 5.69 Å². The van der Waals surface area contributed by atoms with Crippen LogP contribution in [0.5, 0.6) is 0 Å². The minimum absolute atomic E-state index is 0.140. The third kappa shape index (κ3) is 2.66. The first-order chi connectivity index (χ1) is 6.50. The Balaban J connectivity index is 3.14. The van der Waals surface area contributed by atoms with Crippen molar-refractivity contribution in [2.24, 2.45) is 0 Å². The summed E-state index contributed by atoms with van der Waals surface area (Å²) in [7, 11) is 0. The normalized spacial score (nSPS) is 9.79. The molecule has 0 aliphatic rings. The van der Waals surface area contributed by atoms with E-state index in [1.165, 1.54) is 12.1 Å². The first-order valence-electron chi connectivity index (χ1n) is 3.65. The molecule has 0 saturated heterocycles. The van der Waals surface area contributed by atoms with Gasteiger partial charge in [0.1, 0.15) is 0 Å². The molecule has 0 saturated carbocycles. The maximum Gasteiger partial charge on any atom is 0.308 e. The summed E-state index contributed by atoms with van der Waals surface area (Å²) in [5, 5.41) is 19.1. The summed E-state index contributed by atoms with van der Waals surface area (Å²) in [4.78, 5) is 20.4. The van der Waals surface area contributed by atoms with Crippen molar-refractivity contribution in [1.82, 2.24) is 0 Å². The molecule has 1 rings (SSSR count). The summed E-state index contributed by atoms with van der Waals surface area (Å²) >= 11 is 1.94. The number of carbonyl (C=O) groups is 1. The van der Waals surface area contributed by atoms with Gasteiger partial charge in [0.25, 0.3) is 5.69 Å². The molecule has 0 bridgehead atoms. The molecule has 0 amide bonds. The minimum Gasteiger partial charge on any atom is -0.481 e. The Hall–Kier alpha value is -1.18. The lowest BCUT2D eigenvalue weighted by molar-refractivity contribution is -0.385. The van der Waals surface area contributed by atoms with Crippen molar-refractivity contribution in [3.05, 3.63) is 37.4 Å². The molecule has 6 heteroatoms. The van der Waals surface area contributed by atoms with E-state index in [9.17, 15) is 14.9 Å². The fourth-order valence-electron chi connectivity index (χ4n) is 1.02. The lowest BCUT2D eigenvalue weighted by atomic mass is 10.1. The number of nitro benzene ring substituents is 1. The first-order valence-corrected chi connectivity index (χ1v) is 4.73. The quantitative estimate of drug-likeness (QED) is 0.525. The van der Waals surface area contributed by atoms with Crippen LogP contribution in [0.25, 0.3) is 0 Å². The fourth-order valence-corrected chi connectivity index (χ4v) is 1.49. The number of aliphatic carboxylic acids is 1. The SMILES string of the molecule is O=C(O)Cc1ccc(I)cc1[N+](=O)[O-]. The van der Waals surface area contributed by atoms with Crippen LogP contribution >= 0.6 is 22.6 Å². The Labute approximate surface area is 93.0 Å². The number of halogens is 1. The van der Waals surface area contributed by atoms with E-state index in [1.807, 2.05) is 22.6 Å². The van der Waals surface area contributed by atoms with Gasteiger partial charge in [-0.25, -0.2) is 0 Å². The fraction of sp³-hybridized carbons (Fsp3) is 0.125. The van der Waals surface area contributed by atoms with E-state index >= 15 is 0 Å². The second-order valence-corrected chi connectivity index (χ2v) is 3.85. The van der Waals surface area contributed by atoms with Crippen LogP contribution in [-0.2, 0) is 11.2 Å². The molecule has 0 radical (unpaired) electrons. The van der Waals surface area contributed by atoms with Crippen LogP contribution in [0.3, 0.4) is 0 Å². The maximum absolute atomic E-state index is 10.6. The van der Waals surface area contributed by atoms with Crippen LogP contribution < -0.4 is 0 Å². The highest BCUT2D eigenvalue weighted by atomic mass is 127. The molecular formula is C8H6INO4. The van der Waals surface area contributed by atoms with Gasteiger partial charge in [0.15, 0.2) is 0 Å². The zero-order valence-electron chi connectivity index (χ0n) is 6.94. The van der Waals surface area contributed by atoms with E-state index in [2.05, 4.69) is 0 Å². The molecule has 0 unspecified atom stereocenters. The van der Waals surface area contributed by atoms with E-state index < -0.39 is 10.9 Å². The van der Waals surface area contributed by atoms with Crippen molar-refractivity contribution in [3.8, 4) is 0 Å². The van der Waals surface area contributed by atoms with Gasteiger partial charge in [-0.2, -0.15) is 0 Å². The van der Waals surface area contributed by atoms with Gasteiger partial charge in [0, 0.05) is 15.2 Å². The summed E-state index contributed by atoms with van der Waals surface area (Å²) in [5.41, 5.74) is 0.0854. The smallest absolute Gasteiger partial charge is 0.308 e. The van der Waals surface area contributed by atoms with Crippen molar-refractivity contribution in [3.63, 3.8) is 0 Å². The Morgan fingerprint density at radius 3 is 2.71 bits per heavy atom. The van der Waals surface area contributed by atoms with Gasteiger partial charge in [-0.15, -0.1) is 0 Å². The molecule has 0 aromatic heterocycles. The lowest BCUT2D eigenvalue weighted by Gasteiger charge is -1.99. The zero-order chi connectivity index (χ0) is 10.7. The average molecular weight is 307 g/mol. The standard InChI is InChI=1S/C8H6INO4/c9-6-2-1-5(3-8(11)12)7(4-6)10(13)14/h1-2,4H,3H2,(H,11,12). The number of benzene rings is 1. The van der Waals surface area contributed by atoms with E-state index in [1.54, 1.807) is 6.07 Å². The van der Waals surface area contributed by atoms with E-state index in [0.29, 0.717) is 3.57 Å². The zero-order valence-corrected chi connectivity index (χ0v) is 9.09. The van der Waals surface area contributed by atoms with Crippen molar-refractivity contribution < 1.29 is 14.8 Å². The molecule has 0 aliphatic heterocycles. The molecule has 14 heavy (non-hydrogen) atoms. The van der Waals surface area contributed by atoms with Gasteiger partial charge in [-0.1, -0.05) is 6.07 Å². The molecular weight excluding hydrogens is 301 g/mol. The van der Waals surface area contributed by atoms with Gasteiger partial charge < -0.3 is 5.11 Å². The number of nitrogens with zero attached hydrogens (tertiary/aromatic N) is 1. The Bertz CT molecular complexity index is 391. The minimum atomic E-state index is -1.07. The molecule has 5 nitrogen and oxygen atoms in total. The molecule has 0 heterocycles. The highest BCUT2D eigenvalue weighted by Crippen LogP contribution is 2.21. The Morgan fingerprint density at radius 1 is 1.57 bits per heavy atom. The molecule has 74 valence electrons. The third-order valence-corrected chi connectivity index (χ3v) is 2.26. The predicted molar refractivity (Wildman–Crippen MR) is 57.2 cm³/mol. The van der Waals surface area contributed by atoms with Crippen molar-refractivity contribution in [1.29, 1.82) is 0 Å². The summed E-state index contributed by atoms with van der Waals surface area (Å²) < 4.78 is 0.712. The van der Waals surface area contributed by atoms with Crippen LogP contribution in [0.2, 0.25) is 0 Å². The summed E-state index contributed by atoms with van der Waals surface area (Å²) in [5.74, 6) is -1.07. The third-order valence-electron chi connectivity index (χ3n) is 1.59. The van der Waals surface area contributed by atoms with Crippen molar-refractivity contribution >= 4 is 34.2 Å². The molecule has 1 N–H and O–H groups in total. The van der Waals surface area contributed by atoms with E-state index in [4.69, 9.17) is 5.11 Å². The van der Waals surface area contributed by atoms with Gasteiger partial charge in [-0.05, 0) is 28.7 Å². The largest absolute Gasteiger partial charge is 0.481 e. The van der Waals surface area contributed by atoms with Gasteiger partial charge in [0.2, 0.25) is 0 Å². The second-order valence-electron chi connectivity index (χ2n) is 2.60. The molecule has 0 aliphatic carbocycles. The maximum atomic E-state index is 10.6. The predicted octanol–water partition coefficient (Wildman–Crippen LogP) is 1.83. The van der Waals surface area contributed by atoms with E-state index in [0.717, 1.165) is 0 Å². The van der Waals surface area contributed by atoms with Crippen molar-refractivity contribution in [2.75, 3.05) is 0 Å². The highest BCUT2D eigenvalue weighted by Gasteiger charge is 2.15.